The zero-order valence-corrected chi connectivity index (χ0v) is 9.64. The Morgan fingerprint density at radius 3 is 3.07 bits per heavy atom. The molecule has 1 aromatic heterocycles. The Bertz CT molecular complexity index is 365. The Balaban J connectivity index is 2.57. The maximum absolute atomic E-state index is 11.7. The largest absolute Gasteiger partial charge is 0.293 e. The van der Waals surface area contributed by atoms with Crippen LogP contribution >= 0.6 is 11.5 Å². The van der Waals surface area contributed by atoms with Crippen LogP contribution in [0.25, 0.3) is 0 Å². The van der Waals surface area contributed by atoms with Gasteiger partial charge >= 0.3 is 0 Å². The van der Waals surface area contributed by atoms with E-state index in [-0.39, 0.29) is 5.78 Å². The van der Waals surface area contributed by atoms with E-state index in [4.69, 9.17) is 6.42 Å². The zero-order valence-electron chi connectivity index (χ0n) is 8.82. The normalized spacial score (nSPS) is 9.87. The van der Waals surface area contributed by atoms with Gasteiger partial charge in [-0.15, -0.1) is 17.4 Å². The minimum absolute atomic E-state index is 0.128. The fourth-order valence-electron chi connectivity index (χ4n) is 1.29. The predicted octanol–water partition coefficient (Wildman–Crippen LogP) is 2.48. The number of hydrogen-bond acceptors (Lipinski definition) is 4. The summed E-state index contributed by atoms with van der Waals surface area (Å²) in [5.41, 5.74) is 0.841. The molecule has 4 heteroatoms. The maximum atomic E-state index is 11.7. The van der Waals surface area contributed by atoms with Crippen LogP contribution in [0.1, 0.15) is 48.0 Å². The van der Waals surface area contributed by atoms with Gasteiger partial charge in [-0.2, -0.15) is 0 Å². The number of ketones is 1. The molecule has 0 radical (unpaired) electrons. The lowest BCUT2D eigenvalue weighted by Gasteiger charge is -1.97. The molecule has 0 bridgehead atoms. The SMILES string of the molecule is C#CCCCC(=O)c1snnc1CCC. The first-order chi connectivity index (χ1) is 7.29. The number of hydrogen-bond donors (Lipinski definition) is 0. The molecule has 0 N–H and O–H groups in total. The Morgan fingerprint density at radius 1 is 1.60 bits per heavy atom. The molecule has 0 saturated carbocycles. The molecule has 0 fully saturated rings. The van der Waals surface area contributed by atoms with Crippen molar-refractivity contribution < 1.29 is 4.79 Å². The van der Waals surface area contributed by atoms with Gasteiger partial charge in [-0.1, -0.05) is 17.8 Å². The van der Waals surface area contributed by atoms with Crippen molar-refractivity contribution in [3.63, 3.8) is 0 Å². The average molecular weight is 222 g/mol. The van der Waals surface area contributed by atoms with Crippen LogP contribution < -0.4 is 0 Å². The molecule has 80 valence electrons. The molecule has 1 rings (SSSR count). The van der Waals surface area contributed by atoms with Gasteiger partial charge in [0.15, 0.2) is 5.78 Å². The van der Waals surface area contributed by atoms with Gasteiger partial charge in [-0.25, -0.2) is 0 Å². The number of aryl methyl sites for hydroxylation is 1. The average Bonchev–Trinajstić information content (AvgIpc) is 2.67. The Morgan fingerprint density at radius 2 is 2.40 bits per heavy atom. The van der Waals surface area contributed by atoms with Gasteiger partial charge in [0.1, 0.15) is 4.88 Å². The summed E-state index contributed by atoms with van der Waals surface area (Å²) < 4.78 is 3.82. The van der Waals surface area contributed by atoms with Gasteiger partial charge < -0.3 is 0 Å². The topological polar surface area (TPSA) is 42.9 Å². The standard InChI is InChI=1S/C11H14N2OS/c1-3-5-6-8-10(14)11-9(7-4-2)12-13-15-11/h1H,4-8H2,2H3. The van der Waals surface area contributed by atoms with Crippen molar-refractivity contribution >= 4 is 17.3 Å². The Hall–Kier alpha value is -1.21. The molecule has 15 heavy (non-hydrogen) atoms. The molecular weight excluding hydrogens is 208 g/mol. The quantitative estimate of drug-likeness (QED) is 0.422. The number of nitrogens with zero attached hydrogens (tertiary/aromatic N) is 2. The Kier molecular flexibility index (Phi) is 4.99. The molecule has 0 spiro atoms. The third-order valence-corrected chi connectivity index (χ3v) is 2.83. The summed E-state index contributed by atoms with van der Waals surface area (Å²) in [4.78, 5) is 12.5. The monoisotopic (exact) mass is 222 g/mol. The summed E-state index contributed by atoms with van der Waals surface area (Å²) in [6.45, 7) is 2.06. The van der Waals surface area contributed by atoms with Crippen molar-refractivity contribution in [3.05, 3.63) is 10.6 Å². The highest BCUT2D eigenvalue weighted by Gasteiger charge is 2.14. The third kappa shape index (κ3) is 3.45. The summed E-state index contributed by atoms with van der Waals surface area (Å²) in [5.74, 6) is 2.66. The van der Waals surface area contributed by atoms with E-state index in [1.54, 1.807) is 0 Å². The first-order valence-corrected chi connectivity index (χ1v) is 5.84. The van der Waals surface area contributed by atoms with Gasteiger partial charge in [-0.05, 0) is 24.4 Å². The smallest absolute Gasteiger partial charge is 0.176 e. The number of aromatic nitrogens is 2. The van der Waals surface area contributed by atoms with Gasteiger partial charge in [0.05, 0.1) is 5.69 Å². The molecule has 3 nitrogen and oxygen atoms in total. The number of carbonyl (C=O) groups is 1. The lowest BCUT2D eigenvalue weighted by Crippen LogP contribution is -2.00. The van der Waals surface area contributed by atoms with Crippen LogP contribution in [0.4, 0.5) is 0 Å². The van der Waals surface area contributed by atoms with Crippen molar-refractivity contribution in [1.82, 2.24) is 9.59 Å². The summed E-state index contributed by atoms with van der Waals surface area (Å²) in [7, 11) is 0. The molecule has 0 aliphatic carbocycles. The molecule has 1 heterocycles. The summed E-state index contributed by atoms with van der Waals surface area (Å²) >= 11 is 1.19. The molecule has 0 atom stereocenters. The number of rotatable bonds is 6. The highest BCUT2D eigenvalue weighted by atomic mass is 32.1. The van der Waals surface area contributed by atoms with E-state index in [2.05, 4.69) is 22.4 Å². The second kappa shape index (κ2) is 6.31. The molecule has 1 aromatic rings. The molecule has 0 aliphatic rings. The van der Waals surface area contributed by atoms with Crippen LogP contribution in [0.15, 0.2) is 0 Å². The summed E-state index contributed by atoms with van der Waals surface area (Å²) in [6.07, 6.45) is 8.84. The molecular formula is C11H14N2OS. The number of Topliss-reactive ketones (excluding diaryl/α,β-unsaturated/α-hetero) is 1. The number of terminal acetylenes is 1. The van der Waals surface area contributed by atoms with Crippen LogP contribution in [-0.4, -0.2) is 15.4 Å². The molecule has 0 aromatic carbocycles. The highest BCUT2D eigenvalue weighted by molar-refractivity contribution is 7.08. The van der Waals surface area contributed by atoms with E-state index >= 15 is 0 Å². The van der Waals surface area contributed by atoms with Gasteiger partial charge in [0.2, 0.25) is 0 Å². The van der Waals surface area contributed by atoms with E-state index in [1.165, 1.54) is 11.5 Å². The van der Waals surface area contributed by atoms with Crippen LogP contribution in [0.5, 0.6) is 0 Å². The molecule has 0 amide bonds. The van der Waals surface area contributed by atoms with Gasteiger partial charge in [0, 0.05) is 12.8 Å². The second-order valence-electron chi connectivity index (χ2n) is 3.28. The number of carbonyl (C=O) groups excluding carboxylic acids is 1. The Labute approximate surface area is 94.1 Å². The lowest BCUT2D eigenvalue weighted by molar-refractivity contribution is 0.0983. The first kappa shape index (κ1) is 11.9. The second-order valence-corrected chi connectivity index (χ2v) is 4.03. The van der Waals surface area contributed by atoms with E-state index < -0.39 is 0 Å². The maximum Gasteiger partial charge on any atom is 0.176 e. The van der Waals surface area contributed by atoms with Crippen molar-refractivity contribution in [2.75, 3.05) is 0 Å². The van der Waals surface area contributed by atoms with Crippen LogP contribution in [0, 0.1) is 12.3 Å². The van der Waals surface area contributed by atoms with Gasteiger partial charge in [0.25, 0.3) is 0 Å². The predicted molar refractivity (Wildman–Crippen MR) is 60.9 cm³/mol. The summed E-state index contributed by atoms with van der Waals surface area (Å²) in [5, 5.41) is 3.96. The van der Waals surface area contributed by atoms with Crippen LogP contribution in [0.2, 0.25) is 0 Å². The lowest BCUT2D eigenvalue weighted by atomic mass is 10.1. The molecule has 0 unspecified atom stereocenters. The fraction of sp³-hybridized carbons (Fsp3) is 0.545. The molecule has 0 saturated heterocycles. The first-order valence-electron chi connectivity index (χ1n) is 5.07. The highest BCUT2D eigenvalue weighted by Crippen LogP contribution is 2.16. The minimum atomic E-state index is 0.128. The van der Waals surface area contributed by atoms with Crippen molar-refractivity contribution in [2.24, 2.45) is 0 Å². The van der Waals surface area contributed by atoms with Crippen molar-refractivity contribution in [2.45, 2.75) is 39.0 Å². The van der Waals surface area contributed by atoms with E-state index in [9.17, 15) is 4.79 Å². The number of unbranched alkanes of at least 4 members (excludes halogenated alkanes) is 1. The van der Waals surface area contributed by atoms with Gasteiger partial charge in [-0.3, -0.25) is 4.79 Å². The fourth-order valence-corrected chi connectivity index (χ4v) is 1.96. The minimum Gasteiger partial charge on any atom is -0.293 e. The zero-order chi connectivity index (χ0) is 11.1. The van der Waals surface area contributed by atoms with Crippen molar-refractivity contribution in [1.29, 1.82) is 0 Å². The third-order valence-electron chi connectivity index (χ3n) is 2.02. The van der Waals surface area contributed by atoms with Crippen LogP contribution in [-0.2, 0) is 6.42 Å². The van der Waals surface area contributed by atoms with E-state index in [0.717, 1.165) is 25.0 Å². The van der Waals surface area contributed by atoms with Crippen molar-refractivity contribution in [3.8, 4) is 12.3 Å². The van der Waals surface area contributed by atoms with E-state index in [0.29, 0.717) is 17.7 Å². The summed E-state index contributed by atoms with van der Waals surface area (Å²) in [6, 6.07) is 0. The van der Waals surface area contributed by atoms with Crippen LogP contribution in [0.3, 0.4) is 0 Å². The molecule has 0 aliphatic heterocycles. The van der Waals surface area contributed by atoms with E-state index in [1.807, 2.05) is 0 Å².